The molecule has 226 valence electrons. The Morgan fingerprint density at radius 3 is 1.86 bits per heavy atom. The number of pyridine rings is 4. The first kappa shape index (κ1) is 31.0. The maximum Gasteiger partial charge on any atom is 0.221 e. The van der Waals surface area contributed by atoms with E-state index in [2.05, 4.69) is 71.1 Å². The van der Waals surface area contributed by atoms with Crippen LogP contribution >= 0.6 is 11.6 Å². The predicted molar refractivity (Wildman–Crippen MR) is 174 cm³/mol. The summed E-state index contributed by atoms with van der Waals surface area (Å²) in [4.78, 5) is 19.8. The van der Waals surface area contributed by atoms with Gasteiger partial charge in [0.05, 0.1) is 28.3 Å². The second-order valence-corrected chi connectivity index (χ2v) is 10.7. The molecule has 1 aromatic carbocycles. The summed E-state index contributed by atoms with van der Waals surface area (Å²) in [6.07, 6.45) is 6.97. The fraction of sp³-hybridized carbons (Fsp3) is 0.235. The Labute approximate surface area is 263 Å². The highest BCUT2D eigenvalue weighted by Gasteiger charge is 2.07. The van der Waals surface area contributed by atoms with Gasteiger partial charge in [-0.2, -0.15) is 0 Å². The molecule has 0 aliphatic rings. The minimum absolute atomic E-state index is 0.448. The summed E-state index contributed by atoms with van der Waals surface area (Å²) in [5, 5.41) is 11.1. The highest BCUT2D eigenvalue weighted by Crippen LogP contribution is 2.20. The van der Waals surface area contributed by atoms with E-state index < -0.39 is 0 Å². The van der Waals surface area contributed by atoms with Crippen LogP contribution < -0.4 is 20.7 Å². The molecule has 5 aromatic rings. The van der Waals surface area contributed by atoms with Crippen molar-refractivity contribution >= 4 is 17.3 Å². The average molecular weight is 609 g/mol. The van der Waals surface area contributed by atoms with Crippen molar-refractivity contribution in [1.82, 2.24) is 35.5 Å². The molecule has 0 bridgehead atoms. The molecule has 0 saturated heterocycles. The Kier molecular flexibility index (Phi) is 12.0. The smallest absolute Gasteiger partial charge is 0.221 e. The molecule has 5 rings (SSSR count). The lowest BCUT2D eigenvalue weighted by molar-refractivity contribution is 0.261. The number of ether oxygens (including phenoxy) is 1. The van der Waals surface area contributed by atoms with Crippen LogP contribution in [0.15, 0.2) is 110 Å². The molecule has 0 amide bonds. The average Bonchev–Trinajstić information content (AvgIpc) is 3.07. The van der Waals surface area contributed by atoms with Crippen LogP contribution in [0.25, 0.3) is 0 Å². The predicted octanol–water partition coefficient (Wildman–Crippen LogP) is 5.71. The quantitative estimate of drug-likeness (QED) is 0.115. The van der Waals surface area contributed by atoms with E-state index in [1.807, 2.05) is 54.9 Å². The van der Waals surface area contributed by atoms with Crippen LogP contribution in [0, 0.1) is 0 Å². The van der Waals surface area contributed by atoms with Gasteiger partial charge in [0.2, 0.25) is 11.8 Å². The molecule has 4 heterocycles. The van der Waals surface area contributed by atoms with Crippen LogP contribution in [-0.2, 0) is 26.2 Å². The highest BCUT2D eigenvalue weighted by molar-refractivity contribution is 6.30. The van der Waals surface area contributed by atoms with Gasteiger partial charge in [-0.1, -0.05) is 48.0 Å². The minimum Gasteiger partial charge on any atom is -0.421 e. The molecular formula is C34H37ClN8O. The van der Waals surface area contributed by atoms with Crippen LogP contribution in [-0.4, -0.2) is 51.0 Å². The summed E-state index contributed by atoms with van der Waals surface area (Å²) in [5.74, 6) is 0.920. The van der Waals surface area contributed by atoms with Gasteiger partial charge in [-0.3, -0.25) is 14.9 Å². The van der Waals surface area contributed by atoms with Crippen molar-refractivity contribution in [2.75, 3.05) is 31.5 Å². The standard InChI is InChI=1S/C34H37ClN8O/c35-29-11-13-33(41-23-29)44-34-14-12-31(25-42-34)40-22-28-9-7-27(8-10-28)21-36-17-19-43(26-32-6-2-4-16-39-32)20-18-37-24-30-5-1-3-15-38-30/h1-16,23,25,36-37,40H,17-22,24,26H2. The highest BCUT2D eigenvalue weighted by atomic mass is 35.5. The molecule has 0 spiro atoms. The Hall–Kier alpha value is -4.41. The normalized spacial score (nSPS) is 11.0. The van der Waals surface area contributed by atoms with Crippen molar-refractivity contribution in [2.45, 2.75) is 26.2 Å². The molecular weight excluding hydrogens is 572 g/mol. The zero-order valence-corrected chi connectivity index (χ0v) is 25.3. The summed E-state index contributed by atoms with van der Waals surface area (Å²) in [6.45, 7) is 6.73. The molecule has 0 aliphatic carbocycles. The molecule has 0 atom stereocenters. The van der Waals surface area contributed by atoms with Crippen LogP contribution in [0.5, 0.6) is 11.8 Å². The van der Waals surface area contributed by atoms with Crippen molar-refractivity contribution < 1.29 is 4.74 Å². The first-order chi connectivity index (χ1) is 21.7. The van der Waals surface area contributed by atoms with E-state index in [0.29, 0.717) is 23.3 Å². The first-order valence-electron chi connectivity index (χ1n) is 14.7. The second kappa shape index (κ2) is 17.0. The largest absolute Gasteiger partial charge is 0.421 e. The number of aromatic nitrogens is 4. The number of hydrogen-bond donors (Lipinski definition) is 3. The maximum absolute atomic E-state index is 5.87. The Balaban J connectivity index is 1.02. The van der Waals surface area contributed by atoms with Crippen molar-refractivity contribution in [3.05, 3.63) is 137 Å². The zero-order valence-electron chi connectivity index (χ0n) is 24.6. The van der Waals surface area contributed by atoms with Gasteiger partial charge in [0, 0.05) is 83.1 Å². The Bertz CT molecular complexity index is 1510. The molecule has 0 saturated carbocycles. The van der Waals surface area contributed by atoms with Crippen molar-refractivity contribution in [3.63, 3.8) is 0 Å². The van der Waals surface area contributed by atoms with Crippen LogP contribution in [0.3, 0.4) is 0 Å². The fourth-order valence-electron chi connectivity index (χ4n) is 4.47. The van der Waals surface area contributed by atoms with Crippen LogP contribution in [0.1, 0.15) is 22.5 Å². The number of halogens is 1. The van der Waals surface area contributed by atoms with E-state index in [0.717, 1.165) is 62.9 Å². The number of nitrogens with zero attached hydrogens (tertiary/aromatic N) is 5. The molecule has 0 radical (unpaired) electrons. The molecule has 9 nitrogen and oxygen atoms in total. The van der Waals surface area contributed by atoms with E-state index in [9.17, 15) is 0 Å². The molecule has 44 heavy (non-hydrogen) atoms. The number of anilines is 1. The number of benzene rings is 1. The van der Waals surface area contributed by atoms with Crippen molar-refractivity contribution in [2.24, 2.45) is 0 Å². The van der Waals surface area contributed by atoms with Crippen LogP contribution in [0.2, 0.25) is 5.02 Å². The minimum atomic E-state index is 0.448. The molecule has 3 N–H and O–H groups in total. The van der Waals surface area contributed by atoms with E-state index in [4.69, 9.17) is 16.3 Å². The summed E-state index contributed by atoms with van der Waals surface area (Å²) in [7, 11) is 0. The molecule has 0 unspecified atom stereocenters. The van der Waals surface area contributed by atoms with Gasteiger partial charge in [-0.25, -0.2) is 9.97 Å². The van der Waals surface area contributed by atoms with Crippen molar-refractivity contribution in [1.29, 1.82) is 0 Å². The lowest BCUT2D eigenvalue weighted by Crippen LogP contribution is -2.36. The molecule has 0 aliphatic heterocycles. The Morgan fingerprint density at radius 2 is 1.25 bits per heavy atom. The summed E-state index contributed by atoms with van der Waals surface area (Å²) < 4.78 is 5.66. The number of hydrogen-bond acceptors (Lipinski definition) is 9. The molecule has 10 heteroatoms. The molecule has 4 aromatic heterocycles. The lowest BCUT2D eigenvalue weighted by atomic mass is 10.1. The van der Waals surface area contributed by atoms with Gasteiger partial charge < -0.3 is 20.7 Å². The monoisotopic (exact) mass is 608 g/mol. The summed E-state index contributed by atoms with van der Waals surface area (Å²) >= 11 is 5.87. The van der Waals surface area contributed by atoms with Crippen molar-refractivity contribution in [3.8, 4) is 11.8 Å². The van der Waals surface area contributed by atoms with Gasteiger partial charge in [0.1, 0.15) is 0 Å². The van der Waals surface area contributed by atoms with Gasteiger partial charge in [-0.15, -0.1) is 0 Å². The topological polar surface area (TPSA) is 100 Å². The summed E-state index contributed by atoms with van der Waals surface area (Å²) in [5.41, 5.74) is 5.49. The Morgan fingerprint density at radius 1 is 0.614 bits per heavy atom. The fourth-order valence-corrected chi connectivity index (χ4v) is 4.58. The van der Waals surface area contributed by atoms with Gasteiger partial charge in [0.25, 0.3) is 0 Å². The third kappa shape index (κ3) is 10.7. The first-order valence-corrected chi connectivity index (χ1v) is 15.1. The molecule has 0 fully saturated rings. The number of nitrogens with one attached hydrogen (secondary N) is 3. The van der Waals surface area contributed by atoms with Gasteiger partial charge >= 0.3 is 0 Å². The van der Waals surface area contributed by atoms with Gasteiger partial charge in [0.15, 0.2) is 0 Å². The van der Waals surface area contributed by atoms with E-state index >= 15 is 0 Å². The van der Waals surface area contributed by atoms with E-state index in [1.54, 1.807) is 24.5 Å². The van der Waals surface area contributed by atoms with Crippen LogP contribution in [0.4, 0.5) is 5.69 Å². The second-order valence-electron chi connectivity index (χ2n) is 10.2. The van der Waals surface area contributed by atoms with Gasteiger partial charge in [-0.05, 0) is 47.5 Å². The third-order valence-electron chi connectivity index (χ3n) is 6.85. The summed E-state index contributed by atoms with van der Waals surface area (Å²) in [6, 6.07) is 27.9. The maximum atomic E-state index is 5.87. The number of rotatable bonds is 17. The van der Waals surface area contributed by atoms with E-state index in [-0.39, 0.29) is 0 Å². The lowest BCUT2D eigenvalue weighted by Gasteiger charge is -2.22. The SMILES string of the molecule is Clc1ccc(Oc2ccc(NCc3ccc(CNCCN(CCNCc4ccccn4)Cc4ccccn4)cc3)cn2)nc1. The zero-order chi connectivity index (χ0) is 30.2. The third-order valence-corrected chi connectivity index (χ3v) is 7.07. The van der Waals surface area contributed by atoms with E-state index in [1.165, 1.54) is 11.1 Å².